The van der Waals surface area contributed by atoms with Gasteiger partial charge in [-0.05, 0) is 62.2 Å². The molecule has 8 unspecified atom stereocenters. The van der Waals surface area contributed by atoms with Crippen molar-refractivity contribution in [3.63, 3.8) is 0 Å². The third kappa shape index (κ3) is 5.53. The number of halogens is 3. The Bertz CT molecular complexity index is 857. The molecule has 0 aromatic heterocycles. The third-order valence-corrected chi connectivity index (χ3v) is 10.3. The number of hydrogen-bond donors (Lipinski definition) is 3. The van der Waals surface area contributed by atoms with Crippen LogP contribution in [0.1, 0.15) is 65.2 Å². The molecule has 3 saturated heterocycles. The van der Waals surface area contributed by atoms with Crippen LogP contribution in [0.4, 0.5) is 13.2 Å². The van der Waals surface area contributed by atoms with Crippen LogP contribution < -0.4 is 10.9 Å². The molecular formula is C27H43F3N4O3. The van der Waals surface area contributed by atoms with Crippen molar-refractivity contribution in [3.05, 3.63) is 0 Å². The lowest BCUT2D eigenvalue weighted by Gasteiger charge is -2.39. The van der Waals surface area contributed by atoms with Crippen molar-refractivity contribution in [1.29, 1.82) is 0 Å². The van der Waals surface area contributed by atoms with E-state index in [4.69, 9.17) is 0 Å². The first-order chi connectivity index (χ1) is 17.5. The van der Waals surface area contributed by atoms with E-state index >= 15 is 0 Å². The molecule has 10 heteroatoms. The lowest BCUT2D eigenvalue weighted by molar-refractivity contribution is -0.204. The molecular weight excluding hydrogens is 485 g/mol. The first-order valence-electron chi connectivity index (χ1n) is 14.3. The zero-order valence-electron chi connectivity index (χ0n) is 22.1. The second-order valence-corrected chi connectivity index (χ2v) is 12.7. The van der Waals surface area contributed by atoms with Crippen molar-refractivity contribution in [3.8, 4) is 0 Å². The SMILES string of the molecule is CC1CNNC1C[C@@H](C)C1CCCC(N2CC3C(CC(C(=O)N4CC[C@H](O)C4)CC3C(F)(F)F)C2=O)C1. The summed E-state index contributed by atoms with van der Waals surface area (Å²) in [5, 5.41) is 9.81. The number of β-amino-alcohol motifs (C(OH)–C–C–N with tert-alkyl or cyclic N) is 1. The molecule has 0 aromatic rings. The van der Waals surface area contributed by atoms with Crippen LogP contribution in [0.2, 0.25) is 0 Å². The van der Waals surface area contributed by atoms with E-state index in [1.165, 1.54) is 4.90 Å². The van der Waals surface area contributed by atoms with Crippen LogP contribution in [-0.4, -0.2) is 77.3 Å². The summed E-state index contributed by atoms with van der Waals surface area (Å²) in [6.45, 7) is 6.17. The van der Waals surface area contributed by atoms with Gasteiger partial charge in [-0.25, -0.2) is 0 Å². The summed E-state index contributed by atoms with van der Waals surface area (Å²) in [6.07, 6.45) is 0.188. The Morgan fingerprint density at radius 2 is 1.95 bits per heavy atom. The van der Waals surface area contributed by atoms with Crippen LogP contribution in [0.25, 0.3) is 0 Å². The molecule has 3 N–H and O–H groups in total. The molecule has 5 aliphatic rings. The second-order valence-electron chi connectivity index (χ2n) is 12.7. The highest BCUT2D eigenvalue weighted by Crippen LogP contribution is 2.51. The van der Waals surface area contributed by atoms with Gasteiger partial charge in [-0.2, -0.15) is 13.2 Å². The predicted octanol–water partition coefficient (Wildman–Crippen LogP) is 2.94. The van der Waals surface area contributed by atoms with Crippen molar-refractivity contribution in [2.75, 3.05) is 26.2 Å². The standard InChI is InChI=1S/C27H43F3N4O3/c1-15(8-24-16(2)12-31-32-24)17-4-3-5-19(9-17)34-14-22-21(26(34)37)10-18(11-23(22)27(28,29)30)25(36)33-7-6-20(35)13-33/h15-24,31-32,35H,3-14H2,1-2H3/t15-,16?,17?,18?,19?,20+,21?,22?,23?,24?/m1/s1. The fraction of sp³-hybridized carbons (Fsp3) is 0.926. The van der Waals surface area contributed by atoms with Crippen LogP contribution >= 0.6 is 0 Å². The molecule has 3 aliphatic heterocycles. The molecule has 0 bridgehead atoms. The largest absolute Gasteiger partial charge is 0.392 e. The molecule has 5 fully saturated rings. The Morgan fingerprint density at radius 1 is 1.16 bits per heavy atom. The van der Waals surface area contributed by atoms with E-state index in [0.29, 0.717) is 36.8 Å². The zero-order chi connectivity index (χ0) is 26.5. The van der Waals surface area contributed by atoms with Crippen LogP contribution in [0.3, 0.4) is 0 Å². The minimum Gasteiger partial charge on any atom is -0.391 e. The number of nitrogens with one attached hydrogen (secondary N) is 2. The maximum atomic E-state index is 14.2. The number of aliphatic hydroxyl groups is 1. The Kier molecular flexibility index (Phi) is 7.82. The van der Waals surface area contributed by atoms with Crippen molar-refractivity contribution in [2.24, 2.45) is 41.4 Å². The summed E-state index contributed by atoms with van der Waals surface area (Å²) in [4.78, 5) is 30.0. The van der Waals surface area contributed by atoms with E-state index in [1.54, 1.807) is 4.90 Å². The Morgan fingerprint density at radius 3 is 2.59 bits per heavy atom. The lowest BCUT2D eigenvalue weighted by Crippen LogP contribution is -2.46. The number of alkyl halides is 3. The van der Waals surface area contributed by atoms with Gasteiger partial charge in [0.2, 0.25) is 11.8 Å². The number of fused-ring (bicyclic) bond motifs is 1. The Hall–Kier alpha value is -1.39. The van der Waals surface area contributed by atoms with Crippen LogP contribution in [-0.2, 0) is 9.59 Å². The molecule has 7 nitrogen and oxygen atoms in total. The van der Waals surface area contributed by atoms with Gasteiger partial charge in [-0.15, -0.1) is 0 Å². The van der Waals surface area contributed by atoms with Crippen molar-refractivity contribution in [1.82, 2.24) is 20.7 Å². The minimum atomic E-state index is -4.44. The van der Waals surface area contributed by atoms with Crippen molar-refractivity contribution < 1.29 is 27.9 Å². The molecule has 2 saturated carbocycles. The summed E-state index contributed by atoms with van der Waals surface area (Å²) in [7, 11) is 0. The number of hydrogen-bond acceptors (Lipinski definition) is 5. The summed E-state index contributed by atoms with van der Waals surface area (Å²) in [5.74, 6) is -2.97. The molecule has 0 spiro atoms. The number of amides is 2. The summed E-state index contributed by atoms with van der Waals surface area (Å²) < 4.78 is 42.7. The lowest BCUT2D eigenvalue weighted by atomic mass is 9.68. The van der Waals surface area contributed by atoms with Crippen molar-refractivity contribution in [2.45, 2.75) is 89.6 Å². The van der Waals surface area contributed by atoms with Gasteiger partial charge >= 0.3 is 6.18 Å². The predicted molar refractivity (Wildman–Crippen MR) is 132 cm³/mol. The zero-order valence-corrected chi connectivity index (χ0v) is 22.1. The van der Waals surface area contributed by atoms with Gasteiger partial charge in [0.1, 0.15) is 0 Å². The number of nitrogens with zero attached hydrogens (tertiary/aromatic N) is 2. The molecule has 0 radical (unpaired) electrons. The van der Waals surface area contributed by atoms with Gasteiger partial charge in [-0.1, -0.05) is 26.7 Å². The number of rotatable bonds is 5. The number of carbonyl (C=O) groups is 2. The molecule has 2 aliphatic carbocycles. The highest BCUT2D eigenvalue weighted by molar-refractivity contribution is 5.85. The Balaban J connectivity index is 1.27. The molecule has 210 valence electrons. The smallest absolute Gasteiger partial charge is 0.391 e. The van der Waals surface area contributed by atoms with E-state index in [2.05, 4.69) is 24.7 Å². The van der Waals surface area contributed by atoms with Gasteiger partial charge in [-0.3, -0.25) is 20.4 Å². The second kappa shape index (κ2) is 10.6. The topological polar surface area (TPSA) is 84.9 Å². The normalized spacial score (nSPS) is 41.8. The highest BCUT2D eigenvalue weighted by atomic mass is 19.4. The molecule has 2 amide bonds. The average Bonchev–Trinajstić information content (AvgIpc) is 3.56. The minimum absolute atomic E-state index is 0.0110. The molecule has 3 heterocycles. The first kappa shape index (κ1) is 27.2. The number of aliphatic hydroxyl groups excluding tert-OH is 1. The van der Waals surface area contributed by atoms with Gasteiger partial charge < -0.3 is 14.9 Å². The van der Waals surface area contributed by atoms with Gasteiger partial charge in [0, 0.05) is 50.1 Å². The molecule has 0 aromatic carbocycles. The van der Waals surface area contributed by atoms with E-state index in [1.807, 2.05) is 0 Å². The summed E-state index contributed by atoms with van der Waals surface area (Å²) in [6, 6.07) is 0.411. The van der Waals surface area contributed by atoms with E-state index in [9.17, 15) is 27.9 Å². The molecule has 37 heavy (non-hydrogen) atoms. The Labute approximate surface area is 217 Å². The van der Waals surface area contributed by atoms with E-state index in [-0.39, 0.29) is 43.8 Å². The van der Waals surface area contributed by atoms with Crippen LogP contribution in [0.15, 0.2) is 0 Å². The molecule has 10 atom stereocenters. The van der Waals surface area contributed by atoms with Crippen molar-refractivity contribution >= 4 is 11.8 Å². The third-order valence-electron chi connectivity index (χ3n) is 10.3. The fourth-order valence-electron chi connectivity index (χ4n) is 8.04. The van der Waals surface area contributed by atoms with Gasteiger partial charge in [0.15, 0.2) is 0 Å². The number of hydrazine groups is 1. The monoisotopic (exact) mass is 528 g/mol. The highest BCUT2D eigenvalue weighted by Gasteiger charge is 2.59. The van der Waals surface area contributed by atoms with E-state index < -0.39 is 36.0 Å². The molecule has 5 rings (SSSR count). The fourth-order valence-corrected chi connectivity index (χ4v) is 8.04. The quantitative estimate of drug-likeness (QED) is 0.511. The maximum absolute atomic E-state index is 14.2. The average molecular weight is 529 g/mol. The van der Waals surface area contributed by atoms with Gasteiger partial charge in [0.05, 0.1) is 12.0 Å². The number of carbonyl (C=O) groups excluding carboxylic acids is 2. The van der Waals surface area contributed by atoms with E-state index in [0.717, 1.165) is 38.6 Å². The summed E-state index contributed by atoms with van der Waals surface area (Å²) >= 11 is 0. The number of likely N-dealkylation sites (tertiary alicyclic amines) is 2. The van der Waals surface area contributed by atoms with Gasteiger partial charge in [0.25, 0.3) is 0 Å². The van der Waals surface area contributed by atoms with Crippen LogP contribution in [0.5, 0.6) is 0 Å². The maximum Gasteiger partial charge on any atom is 0.392 e. The first-order valence-corrected chi connectivity index (χ1v) is 14.3. The summed E-state index contributed by atoms with van der Waals surface area (Å²) in [5.41, 5.74) is 6.60. The van der Waals surface area contributed by atoms with Crippen LogP contribution in [0, 0.1) is 41.4 Å².